The molecule has 28 heavy (non-hydrogen) atoms. The van der Waals surface area contributed by atoms with Gasteiger partial charge in [-0.3, -0.25) is 4.72 Å². The molecular weight excluding hydrogens is 439 g/mol. The summed E-state index contributed by atoms with van der Waals surface area (Å²) >= 11 is 13.4. The normalized spacial score (nSPS) is 13.0. The third-order valence-electron chi connectivity index (χ3n) is 4.57. The zero-order valence-corrected chi connectivity index (χ0v) is 18.2. The maximum atomic E-state index is 12.9. The summed E-state index contributed by atoms with van der Waals surface area (Å²) in [5, 5.41) is 0.786. The third kappa shape index (κ3) is 3.48. The lowest BCUT2D eigenvalue weighted by molar-refractivity contribution is 0.414. The van der Waals surface area contributed by atoms with E-state index in [9.17, 15) is 8.42 Å². The summed E-state index contributed by atoms with van der Waals surface area (Å²) in [5.74, 6) is 0.797. The Labute approximate surface area is 177 Å². The number of aryl methyl sites for hydroxylation is 3. The Hall–Kier alpha value is -1.80. The second kappa shape index (κ2) is 7.22. The smallest absolute Gasteiger partial charge is 0.265 e. The molecule has 0 aliphatic heterocycles. The topological polar surface area (TPSA) is 68.3 Å². The van der Waals surface area contributed by atoms with E-state index in [1.165, 1.54) is 17.4 Å². The molecule has 5 nitrogen and oxygen atoms in total. The predicted molar refractivity (Wildman–Crippen MR) is 114 cm³/mol. The van der Waals surface area contributed by atoms with Crippen LogP contribution in [-0.4, -0.2) is 20.5 Å². The average molecular weight is 455 g/mol. The zero-order chi connectivity index (χ0) is 20.1. The number of benzene rings is 2. The van der Waals surface area contributed by atoms with Crippen molar-refractivity contribution in [1.29, 1.82) is 0 Å². The zero-order valence-electron chi connectivity index (χ0n) is 15.0. The average Bonchev–Trinajstić information content (AvgIpc) is 3.01. The molecule has 0 unspecified atom stereocenters. The Morgan fingerprint density at radius 1 is 1.18 bits per heavy atom. The lowest BCUT2D eigenvalue weighted by Gasteiger charge is -2.15. The van der Waals surface area contributed by atoms with E-state index in [1.807, 2.05) is 18.2 Å². The summed E-state index contributed by atoms with van der Waals surface area (Å²) in [5.41, 5.74) is 3.43. The number of hydrogen-bond acceptors (Lipinski definition) is 5. The second-order valence-corrected chi connectivity index (χ2v) is 10.00. The molecule has 0 spiro atoms. The van der Waals surface area contributed by atoms with Crippen molar-refractivity contribution in [3.05, 3.63) is 56.4 Å². The fourth-order valence-corrected chi connectivity index (χ4v) is 6.75. The molecule has 0 saturated carbocycles. The fourth-order valence-electron chi connectivity index (χ4n) is 3.35. The molecule has 1 aliphatic carbocycles. The number of hydrogen-bond donors (Lipinski definition) is 1. The third-order valence-corrected chi connectivity index (χ3v) is 7.90. The molecule has 0 fully saturated rings. The summed E-state index contributed by atoms with van der Waals surface area (Å²) in [7, 11) is -2.26. The first-order valence-corrected chi connectivity index (χ1v) is 11.5. The van der Waals surface area contributed by atoms with Crippen LogP contribution in [0, 0.1) is 6.92 Å². The molecule has 3 aromatic rings. The molecule has 2 aromatic carbocycles. The lowest BCUT2D eigenvalue weighted by Crippen LogP contribution is -2.14. The van der Waals surface area contributed by atoms with Gasteiger partial charge >= 0.3 is 0 Å². The highest BCUT2D eigenvalue weighted by Crippen LogP contribution is 2.40. The molecule has 1 heterocycles. The fraction of sp³-hybridized carbons (Fsp3) is 0.211. The highest BCUT2D eigenvalue weighted by Gasteiger charge is 2.26. The lowest BCUT2D eigenvalue weighted by atomic mass is 9.93. The van der Waals surface area contributed by atoms with Gasteiger partial charge in [-0.15, -0.1) is 11.3 Å². The van der Waals surface area contributed by atoms with Gasteiger partial charge in [0.15, 0.2) is 5.13 Å². The van der Waals surface area contributed by atoms with Crippen molar-refractivity contribution in [3.8, 4) is 17.0 Å². The summed E-state index contributed by atoms with van der Waals surface area (Å²) in [6, 6.07) is 8.83. The van der Waals surface area contributed by atoms with Crippen LogP contribution in [0.15, 0.2) is 35.2 Å². The molecule has 0 radical (unpaired) electrons. The van der Waals surface area contributed by atoms with Crippen molar-refractivity contribution in [2.45, 2.75) is 24.7 Å². The minimum Gasteiger partial charge on any atom is -0.497 e. The molecule has 9 heteroatoms. The second-order valence-electron chi connectivity index (χ2n) is 6.45. The summed E-state index contributed by atoms with van der Waals surface area (Å²) < 4.78 is 33.7. The maximum absolute atomic E-state index is 12.9. The number of halogens is 2. The predicted octanol–water partition coefficient (Wildman–Crippen LogP) is 5.33. The minimum atomic E-state index is -3.89. The Balaban J connectivity index is 1.71. The Kier molecular flexibility index (Phi) is 5.03. The quantitative estimate of drug-likeness (QED) is 0.577. The van der Waals surface area contributed by atoms with E-state index in [1.54, 1.807) is 20.1 Å². The molecule has 0 atom stereocenters. The van der Waals surface area contributed by atoms with E-state index < -0.39 is 10.0 Å². The van der Waals surface area contributed by atoms with Crippen LogP contribution in [0.3, 0.4) is 0 Å². The van der Waals surface area contributed by atoms with E-state index in [4.69, 9.17) is 27.9 Å². The van der Waals surface area contributed by atoms with E-state index in [0.717, 1.165) is 40.3 Å². The molecule has 0 saturated heterocycles. The molecule has 0 amide bonds. The van der Waals surface area contributed by atoms with Gasteiger partial charge in [-0.1, -0.05) is 23.2 Å². The SMILES string of the molecule is COc1ccc2c(c1)CCc1sc(NS(=O)(=O)c3c(C)cc(Cl)cc3Cl)nc1-2. The Morgan fingerprint density at radius 3 is 2.68 bits per heavy atom. The van der Waals surface area contributed by atoms with Crippen LogP contribution in [0.1, 0.15) is 16.0 Å². The number of aromatic nitrogens is 1. The molecular formula is C19H16Cl2N2O3S2. The standard InChI is InChI=1S/C19H16Cl2N2O3S2/c1-10-7-12(20)9-15(21)18(10)28(24,25)23-19-22-17-14-5-4-13(26-2)8-11(14)3-6-16(17)27-19/h4-5,7-9H,3,6H2,1-2H3,(H,22,23). The number of nitrogens with one attached hydrogen (secondary N) is 1. The van der Waals surface area contributed by atoms with Gasteiger partial charge in [-0.05, 0) is 61.2 Å². The Bertz CT molecular complexity index is 1170. The number of rotatable bonds is 4. The molecule has 146 valence electrons. The van der Waals surface area contributed by atoms with Gasteiger partial charge in [0.25, 0.3) is 10.0 Å². The van der Waals surface area contributed by atoms with Gasteiger partial charge in [0.05, 0.1) is 17.8 Å². The first kappa shape index (κ1) is 19.5. The highest BCUT2D eigenvalue weighted by molar-refractivity contribution is 7.93. The van der Waals surface area contributed by atoms with Gasteiger partial charge < -0.3 is 4.74 Å². The van der Waals surface area contributed by atoms with Crippen LogP contribution in [0.2, 0.25) is 10.0 Å². The van der Waals surface area contributed by atoms with Crippen molar-refractivity contribution in [2.24, 2.45) is 0 Å². The number of sulfonamides is 1. The minimum absolute atomic E-state index is 0.0110. The van der Waals surface area contributed by atoms with Crippen LogP contribution in [0.4, 0.5) is 5.13 Å². The Morgan fingerprint density at radius 2 is 1.96 bits per heavy atom. The molecule has 0 bridgehead atoms. The van der Waals surface area contributed by atoms with Crippen LogP contribution < -0.4 is 9.46 Å². The van der Waals surface area contributed by atoms with E-state index in [-0.39, 0.29) is 9.92 Å². The number of thiazole rings is 1. The highest BCUT2D eigenvalue weighted by atomic mass is 35.5. The van der Waals surface area contributed by atoms with Gasteiger partial charge in [-0.25, -0.2) is 13.4 Å². The van der Waals surface area contributed by atoms with E-state index >= 15 is 0 Å². The summed E-state index contributed by atoms with van der Waals surface area (Å²) in [6.45, 7) is 1.66. The first-order chi connectivity index (χ1) is 13.3. The first-order valence-electron chi connectivity index (χ1n) is 8.44. The molecule has 1 aromatic heterocycles. The van der Waals surface area contributed by atoms with Crippen LogP contribution in [0.5, 0.6) is 5.75 Å². The maximum Gasteiger partial charge on any atom is 0.265 e. The van der Waals surface area contributed by atoms with E-state index in [2.05, 4.69) is 9.71 Å². The van der Waals surface area contributed by atoms with Crippen LogP contribution in [-0.2, 0) is 22.9 Å². The largest absolute Gasteiger partial charge is 0.497 e. The molecule has 1 N–H and O–H groups in total. The summed E-state index contributed by atoms with van der Waals surface area (Å²) in [6.07, 6.45) is 1.66. The number of methoxy groups -OCH3 is 1. The number of nitrogens with zero attached hydrogens (tertiary/aromatic N) is 1. The van der Waals surface area contributed by atoms with E-state index in [0.29, 0.717) is 15.7 Å². The van der Waals surface area contributed by atoms with Crippen molar-refractivity contribution >= 4 is 49.7 Å². The molecule has 1 aliphatic rings. The number of anilines is 1. The van der Waals surface area contributed by atoms with Gasteiger partial charge in [0.1, 0.15) is 10.6 Å². The summed E-state index contributed by atoms with van der Waals surface area (Å²) in [4.78, 5) is 5.61. The number of ether oxygens (including phenoxy) is 1. The van der Waals surface area contributed by atoms with Crippen molar-refractivity contribution in [1.82, 2.24) is 4.98 Å². The molecule has 4 rings (SSSR count). The van der Waals surface area contributed by atoms with Crippen molar-refractivity contribution in [2.75, 3.05) is 11.8 Å². The van der Waals surface area contributed by atoms with Gasteiger partial charge in [0, 0.05) is 15.5 Å². The van der Waals surface area contributed by atoms with Crippen molar-refractivity contribution in [3.63, 3.8) is 0 Å². The van der Waals surface area contributed by atoms with Crippen LogP contribution in [0.25, 0.3) is 11.3 Å². The van der Waals surface area contributed by atoms with Crippen molar-refractivity contribution < 1.29 is 13.2 Å². The van der Waals surface area contributed by atoms with Gasteiger partial charge in [0.2, 0.25) is 0 Å². The monoisotopic (exact) mass is 454 g/mol. The van der Waals surface area contributed by atoms with Crippen LogP contribution >= 0.6 is 34.5 Å². The number of fused-ring (bicyclic) bond motifs is 3. The van der Waals surface area contributed by atoms with Gasteiger partial charge in [-0.2, -0.15) is 0 Å².